The molecule has 32 heavy (non-hydrogen) atoms. The van der Waals surface area contributed by atoms with Crippen LogP contribution in [0.3, 0.4) is 0 Å². The largest absolute Gasteiger partial charge is 0.390 e. The summed E-state index contributed by atoms with van der Waals surface area (Å²) in [4.78, 5) is 27.3. The van der Waals surface area contributed by atoms with E-state index < -0.39 is 18.2 Å². The highest BCUT2D eigenvalue weighted by atomic mass is 16.3. The number of hydrogen-bond donors (Lipinski definition) is 4. The minimum absolute atomic E-state index is 0.194. The average Bonchev–Trinajstić information content (AvgIpc) is 3.24. The summed E-state index contributed by atoms with van der Waals surface area (Å²) in [5, 5.41) is 26.7. The van der Waals surface area contributed by atoms with E-state index in [2.05, 4.69) is 15.5 Å². The molecule has 0 unspecified atom stereocenters. The van der Waals surface area contributed by atoms with Crippen LogP contribution in [0.4, 0.5) is 0 Å². The lowest BCUT2D eigenvalue weighted by Gasteiger charge is -2.29. The van der Waals surface area contributed by atoms with Gasteiger partial charge in [-0.2, -0.15) is 0 Å². The molecule has 3 atom stereocenters. The standard InChI is InChI=1S/C25H41N3O4/c1-17(2)13-21(24(31)22(29)14-23(30)26-15-18(3)4)27-25(32)20-9-7-19(8-10-20)16-28-11-5-6-12-28/h7-10,17-18,21-22,24,29,31H,5-6,11-16H2,1-4H3,(H,26,30)(H,27,32)/t21-,22+,24+/m0/s1. The van der Waals surface area contributed by atoms with Crippen LogP contribution < -0.4 is 10.6 Å². The molecule has 7 heteroatoms. The van der Waals surface area contributed by atoms with Crippen molar-refractivity contribution in [1.29, 1.82) is 0 Å². The molecule has 0 aromatic heterocycles. The van der Waals surface area contributed by atoms with Gasteiger partial charge in [0.1, 0.15) is 6.10 Å². The van der Waals surface area contributed by atoms with Gasteiger partial charge in [-0.3, -0.25) is 14.5 Å². The summed E-state index contributed by atoms with van der Waals surface area (Å²) in [7, 11) is 0. The summed E-state index contributed by atoms with van der Waals surface area (Å²) in [5.41, 5.74) is 1.69. The Morgan fingerprint density at radius 2 is 1.62 bits per heavy atom. The second kappa shape index (κ2) is 12.9. The van der Waals surface area contributed by atoms with Gasteiger partial charge in [-0.15, -0.1) is 0 Å². The van der Waals surface area contributed by atoms with Crippen LogP contribution in [0, 0.1) is 11.8 Å². The van der Waals surface area contributed by atoms with Gasteiger partial charge in [0, 0.05) is 18.7 Å². The highest BCUT2D eigenvalue weighted by molar-refractivity contribution is 5.94. The smallest absolute Gasteiger partial charge is 0.251 e. The average molecular weight is 448 g/mol. The Labute approximate surface area is 192 Å². The maximum absolute atomic E-state index is 12.8. The summed E-state index contributed by atoms with van der Waals surface area (Å²) in [6, 6.07) is 6.88. The number of nitrogens with one attached hydrogen (secondary N) is 2. The predicted octanol–water partition coefficient (Wildman–Crippen LogP) is 2.31. The van der Waals surface area contributed by atoms with Gasteiger partial charge in [0.15, 0.2) is 0 Å². The van der Waals surface area contributed by atoms with Gasteiger partial charge in [0.05, 0.1) is 18.6 Å². The molecule has 1 aromatic carbocycles. The van der Waals surface area contributed by atoms with Crippen LogP contribution in [-0.2, 0) is 11.3 Å². The van der Waals surface area contributed by atoms with Crippen molar-refractivity contribution in [2.45, 2.75) is 78.2 Å². The molecule has 7 nitrogen and oxygen atoms in total. The van der Waals surface area contributed by atoms with Crippen molar-refractivity contribution in [2.24, 2.45) is 11.8 Å². The molecule has 1 saturated heterocycles. The zero-order chi connectivity index (χ0) is 23.7. The first-order chi connectivity index (χ1) is 15.2. The van der Waals surface area contributed by atoms with Gasteiger partial charge in [-0.25, -0.2) is 0 Å². The predicted molar refractivity (Wildman–Crippen MR) is 126 cm³/mol. The fourth-order valence-corrected chi connectivity index (χ4v) is 3.97. The van der Waals surface area contributed by atoms with Gasteiger partial charge in [0.25, 0.3) is 5.91 Å². The SMILES string of the molecule is CC(C)CNC(=O)C[C@@H](O)[C@H](O)[C@H](CC(C)C)NC(=O)c1ccc(CN2CCCC2)cc1. The van der Waals surface area contributed by atoms with Gasteiger partial charge in [-0.05, 0) is 61.9 Å². The summed E-state index contributed by atoms with van der Waals surface area (Å²) in [6.07, 6.45) is 0.278. The minimum Gasteiger partial charge on any atom is -0.390 e. The number of aliphatic hydroxyl groups is 2. The van der Waals surface area contributed by atoms with Crippen LogP contribution in [0.2, 0.25) is 0 Å². The number of aliphatic hydroxyl groups excluding tert-OH is 2. The van der Waals surface area contributed by atoms with Crippen molar-refractivity contribution in [3.8, 4) is 0 Å². The molecule has 1 aliphatic rings. The van der Waals surface area contributed by atoms with Crippen LogP contribution in [-0.4, -0.2) is 64.8 Å². The molecule has 0 aliphatic carbocycles. The number of amides is 2. The van der Waals surface area contributed by atoms with E-state index in [1.165, 1.54) is 18.4 Å². The molecule has 1 aromatic rings. The zero-order valence-corrected chi connectivity index (χ0v) is 20.0. The van der Waals surface area contributed by atoms with Crippen LogP contribution in [0.5, 0.6) is 0 Å². The topological polar surface area (TPSA) is 102 Å². The Kier molecular flexibility index (Phi) is 10.6. The van der Waals surface area contributed by atoms with Crippen LogP contribution in [0.25, 0.3) is 0 Å². The van der Waals surface area contributed by atoms with E-state index in [1.54, 1.807) is 12.1 Å². The third-order valence-corrected chi connectivity index (χ3v) is 5.77. The van der Waals surface area contributed by atoms with E-state index in [1.807, 2.05) is 39.8 Å². The maximum Gasteiger partial charge on any atom is 0.251 e. The highest BCUT2D eigenvalue weighted by Gasteiger charge is 2.30. The highest BCUT2D eigenvalue weighted by Crippen LogP contribution is 2.16. The van der Waals surface area contributed by atoms with Gasteiger partial charge in [-0.1, -0.05) is 39.8 Å². The Morgan fingerprint density at radius 3 is 2.19 bits per heavy atom. The second-order valence-corrected chi connectivity index (χ2v) is 9.85. The monoisotopic (exact) mass is 447 g/mol. The quantitative estimate of drug-likeness (QED) is 0.394. The molecule has 2 amide bonds. The molecule has 0 spiro atoms. The number of likely N-dealkylation sites (tertiary alicyclic amines) is 1. The fraction of sp³-hybridized carbons (Fsp3) is 0.680. The lowest BCUT2D eigenvalue weighted by atomic mass is 9.94. The molecule has 2 rings (SSSR count). The normalized spacial score (nSPS) is 17.4. The molecule has 0 saturated carbocycles. The molecule has 4 N–H and O–H groups in total. The molecule has 1 aliphatic heterocycles. The van der Waals surface area contributed by atoms with Crippen molar-refractivity contribution in [2.75, 3.05) is 19.6 Å². The molecule has 1 fully saturated rings. The number of benzene rings is 1. The van der Waals surface area contributed by atoms with Crippen molar-refractivity contribution >= 4 is 11.8 Å². The van der Waals surface area contributed by atoms with Crippen molar-refractivity contribution in [3.63, 3.8) is 0 Å². The Hall–Kier alpha value is -1.96. The number of nitrogens with zero attached hydrogens (tertiary/aromatic N) is 1. The first-order valence-electron chi connectivity index (χ1n) is 11.9. The second-order valence-electron chi connectivity index (χ2n) is 9.85. The van der Waals surface area contributed by atoms with E-state index in [-0.39, 0.29) is 24.2 Å². The number of carbonyl (C=O) groups is 2. The molecular formula is C25H41N3O4. The third kappa shape index (κ3) is 8.88. The van der Waals surface area contributed by atoms with Gasteiger partial charge < -0.3 is 20.8 Å². The van der Waals surface area contributed by atoms with Crippen LogP contribution in [0.15, 0.2) is 24.3 Å². The number of carbonyl (C=O) groups excluding carboxylic acids is 2. The first-order valence-corrected chi connectivity index (χ1v) is 11.9. The Balaban J connectivity index is 1.95. The van der Waals surface area contributed by atoms with Crippen molar-refractivity contribution in [3.05, 3.63) is 35.4 Å². The molecule has 0 radical (unpaired) electrons. The zero-order valence-electron chi connectivity index (χ0n) is 20.0. The minimum atomic E-state index is -1.26. The van der Waals surface area contributed by atoms with E-state index >= 15 is 0 Å². The Bertz CT molecular complexity index is 714. The lowest BCUT2D eigenvalue weighted by Crippen LogP contribution is -2.50. The lowest BCUT2D eigenvalue weighted by molar-refractivity contribution is -0.125. The molecule has 180 valence electrons. The van der Waals surface area contributed by atoms with E-state index in [0.717, 1.165) is 19.6 Å². The molecular weight excluding hydrogens is 406 g/mol. The van der Waals surface area contributed by atoms with Crippen LogP contribution in [0.1, 0.15) is 69.3 Å². The van der Waals surface area contributed by atoms with Crippen molar-refractivity contribution < 1.29 is 19.8 Å². The number of hydrogen-bond acceptors (Lipinski definition) is 5. The van der Waals surface area contributed by atoms with Gasteiger partial charge in [0.2, 0.25) is 5.91 Å². The van der Waals surface area contributed by atoms with Gasteiger partial charge >= 0.3 is 0 Å². The maximum atomic E-state index is 12.8. The van der Waals surface area contributed by atoms with Crippen molar-refractivity contribution in [1.82, 2.24) is 15.5 Å². The summed E-state index contributed by atoms with van der Waals surface area (Å²) in [5.74, 6) is -0.108. The van der Waals surface area contributed by atoms with Crippen LogP contribution >= 0.6 is 0 Å². The third-order valence-electron chi connectivity index (χ3n) is 5.77. The van der Waals surface area contributed by atoms with E-state index in [0.29, 0.717) is 24.4 Å². The number of rotatable bonds is 12. The summed E-state index contributed by atoms with van der Waals surface area (Å²) in [6.45, 7) is 11.6. The van der Waals surface area contributed by atoms with E-state index in [4.69, 9.17) is 0 Å². The molecule has 0 bridgehead atoms. The molecule has 1 heterocycles. The summed E-state index contributed by atoms with van der Waals surface area (Å²) < 4.78 is 0. The first kappa shape index (κ1) is 26.3. The Morgan fingerprint density at radius 1 is 1.00 bits per heavy atom. The summed E-state index contributed by atoms with van der Waals surface area (Å²) >= 11 is 0. The van der Waals surface area contributed by atoms with E-state index in [9.17, 15) is 19.8 Å². The fourth-order valence-electron chi connectivity index (χ4n) is 3.97.